The fraction of sp³-hybridized carbons (Fsp3) is 0.444. The molecule has 0 radical (unpaired) electrons. The molecule has 2 fully saturated rings. The second-order valence-corrected chi connectivity index (χ2v) is 10.0. The zero-order valence-corrected chi connectivity index (χ0v) is 16.3. The Morgan fingerprint density at radius 1 is 1.43 bits per heavy atom. The number of H-pyrrole nitrogens is 1. The van der Waals surface area contributed by atoms with E-state index in [0.29, 0.717) is 19.5 Å². The van der Waals surface area contributed by atoms with E-state index in [4.69, 9.17) is 0 Å². The van der Waals surface area contributed by atoms with Crippen molar-refractivity contribution in [3.63, 3.8) is 0 Å². The lowest BCUT2D eigenvalue weighted by Crippen LogP contribution is -2.64. The smallest absolute Gasteiger partial charge is 0.141 e. The predicted molar refractivity (Wildman–Crippen MR) is 104 cm³/mol. The molecule has 1 saturated heterocycles. The van der Waals surface area contributed by atoms with Crippen molar-refractivity contribution >= 4 is 20.9 Å². The van der Waals surface area contributed by atoms with Crippen LogP contribution in [-0.2, 0) is 15.5 Å². The highest BCUT2D eigenvalue weighted by molar-refractivity contribution is 7.92. The van der Waals surface area contributed by atoms with Gasteiger partial charge in [0.15, 0.2) is 0 Å². The SMILES string of the molecule is CN=[S@@](=O)(C1CC1)N1CC(CC#N)(n2cc(-c3ncnc4[nH]ccc34)cn2)C1. The highest BCUT2D eigenvalue weighted by Crippen LogP contribution is 2.41. The van der Waals surface area contributed by atoms with Gasteiger partial charge in [0.25, 0.3) is 0 Å². The van der Waals surface area contributed by atoms with Gasteiger partial charge in [0, 0.05) is 43.5 Å². The third-order valence-electron chi connectivity index (χ3n) is 5.64. The van der Waals surface area contributed by atoms with Crippen LogP contribution in [-0.4, -0.2) is 58.6 Å². The van der Waals surface area contributed by atoms with Crippen LogP contribution >= 0.6 is 0 Å². The highest BCUT2D eigenvalue weighted by Gasteiger charge is 2.52. The van der Waals surface area contributed by atoms with Gasteiger partial charge in [-0.15, -0.1) is 0 Å². The highest BCUT2D eigenvalue weighted by atomic mass is 32.2. The standard InChI is InChI=1S/C18H20N8OS/c1-20-28(27,14-2-3-14)25-10-18(11-25,5-6-19)26-9-13(8-24-26)16-15-4-7-21-17(15)23-12-22-16/h4,7-9,12,14H,2-3,5,10-11H2,1H3,(H,21,22,23)/t28-/m0/s1. The fourth-order valence-corrected chi connectivity index (χ4v) is 6.49. The van der Waals surface area contributed by atoms with Gasteiger partial charge >= 0.3 is 0 Å². The first-order chi connectivity index (χ1) is 13.6. The van der Waals surface area contributed by atoms with E-state index in [0.717, 1.165) is 35.1 Å². The fourth-order valence-electron chi connectivity index (χ4n) is 3.94. The van der Waals surface area contributed by atoms with E-state index in [9.17, 15) is 9.47 Å². The van der Waals surface area contributed by atoms with Gasteiger partial charge in [0.2, 0.25) is 0 Å². The van der Waals surface area contributed by atoms with Crippen molar-refractivity contribution in [1.29, 1.82) is 5.26 Å². The molecule has 0 unspecified atom stereocenters. The number of hydrogen-bond donors (Lipinski definition) is 1. The average molecular weight is 396 g/mol. The molecule has 10 heteroatoms. The minimum atomic E-state index is -2.36. The van der Waals surface area contributed by atoms with Crippen LogP contribution in [0.2, 0.25) is 0 Å². The number of fused-ring (bicyclic) bond motifs is 1. The normalized spacial score (nSPS) is 21.0. The summed E-state index contributed by atoms with van der Waals surface area (Å²) in [7, 11) is -0.722. The number of nitrogens with one attached hydrogen (secondary N) is 1. The van der Waals surface area contributed by atoms with E-state index in [2.05, 4.69) is 30.5 Å². The molecular weight excluding hydrogens is 376 g/mol. The van der Waals surface area contributed by atoms with E-state index in [1.54, 1.807) is 13.2 Å². The second-order valence-electron chi connectivity index (χ2n) is 7.41. The summed E-state index contributed by atoms with van der Waals surface area (Å²) in [4.78, 5) is 11.7. The minimum Gasteiger partial charge on any atom is -0.346 e. The van der Waals surface area contributed by atoms with Crippen molar-refractivity contribution in [3.8, 4) is 17.3 Å². The van der Waals surface area contributed by atoms with Crippen LogP contribution in [0.25, 0.3) is 22.3 Å². The van der Waals surface area contributed by atoms with Gasteiger partial charge in [0.05, 0.1) is 29.6 Å². The Bertz CT molecular complexity index is 1200. The van der Waals surface area contributed by atoms with Crippen LogP contribution in [0.5, 0.6) is 0 Å². The van der Waals surface area contributed by atoms with Crippen LogP contribution in [0.1, 0.15) is 19.3 Å². The molecule has 3 aromatic rings. The van der Waals surface area contributed by atoms with Crippen LogP contribution in [0.3, 0.4) is 0 Å². The summed E-state index contributed by atoms with van der Waals surface area (Å²) in [5.41, 5.74) is 1.95. The second kappa shape index (κ2) is 6.12. The summed E-state index contributed by atoms with van der Waals surface area (Å²) in [5, 5.41) is 15.0. The van der Waals surface area contributed by atoms with Crippen LogP contribution in [0.4, 0.5) is 0 Å². The van der Waals surface area contributed by atoms with Gasteiger partial charge in [-0.25, -0.2) is 22.8 Å². The Kier molecular flexibility index (Phi) is 3.79. The number of aromatic nitrogens is 5. The molecule has 4 heterocycles. The molecule has 1 aliphatic carbocycles. The Balaban J connectivity index is 1.48. The third-order valence-corrected chi connectivity index (χ3v) is 8.50. The Morgan fingerprint density at radius 3 is 2.96 bits per heavy atom. The summed E-state index contributed by atoms with van der Waals surface area (Å²) < 4.78 is 21.2. The summed E-state index contributed by atoms with van der Waals surface area (Å²) >= 11 is 0. The first-order valence-corrected chi connectivity index (χ1v) is 10.7. The number of aromatic amines is 1. The first kappa shape index (κ1) is 17.3. The monoisotopic (exact) mass is 396 g/mol. The van der Waals surface area contributed by atoms with E-state index < -0.39 is 15.5 Å². The minimum absolute atomic E-state index is 0.161. The molecule has 1 saturated carbocycles. The molecule has 5 rings (SSSR count). The molecule has 3 aromatic heterocycles. The molecule has 0 amide bonds. The summed E-state index contributed by atoms with van der Waals surface area (Å²) in [6.07, 6.45) is 9.27. The van der Waals surface area contributed by atoms with Gasteiger partial charge in [-0.1, -0.05) is 0 Å². The Hall–Kier alpha value is -2.77. The molecule has 2 aliphatic rings. The van der Waals surface area contributed by atoms with Gasteiger partial charge in [0.1, 0.15) is 27.4 Å². The van der Waals surface area contributed by atoms with Gasteiger partial charge in [-0.2, -0.15) is 10.4 Å². The van der Waals surface area contributed by atoms with Crippen molar-refractivity contribution in [3.05, 3.63) is 31.0 Å². The van der Waals surface area contributed by atoms with E-state index in [1.807, 2.05) is 27.4 Å². The van der Waals surface area contributed by atoms with Crippen molar-refractivity contribution in [2.24, 2.45) is 4.36 Å². The van der Waals surface area contributed by atoms with Crippen molar-refractivity contribution in [2.75, 3.05) is 20.1 Å². The molecule has 144 valence electrons. The zero-order chi connectivity index (χ0) is 19.4. The molecule has 0 bridgehead atoms. The molecule has 1 N–H and O–H groups in total. The molecule has 9 nitrogen and oxygen atoms in total. The van der Waals surface area contributed by atoms with E-state index in [1.165, 1.54) is 6.33 Å². The number of hydrogen-bond acceptors (Lipinski definition) is 6. The molecular formula is C18H20N8OS. The maximum atomic E-state index is 13.2. The molecule has 28 heavy (non-hydrogen) atoms. The number of nitrogens with zero attached hydrogens (tertiary/aromatic N) is 7. The predicted octanol–water partition coefficient (Wildman–Crippen LogP) is 1.92. The maximum Gasteiger partial charge on any atom is 0.141 e. The zero-order valence-electron chi connectivity index (χ0n) is 15.4. The lowest BCUT2D eigenvalue weighted by Gasteiger charge is -2.49. The number of nitriles is 1. The first-order valence-electron chi connectivity index (χ1n) is 9.19. The van der Waals surface area contributed by atoms with Crippen molar-refractivity contribution in [1.82, 2.24) is 29.0 Å². The Labute approximate surface area is 162 Å². The van der Waals surface area contributed by atoms with Gasteiger partial charge in [-0.3, -0.25) is 4.68 Å². The quantitative estimate of drug-likeness (QED) is 0.707. The molecule has 0 aromatic carbocycles. The van der Waals surface area contributed by atoms with E-state index >= 15 is 0 Å². The average Bonchev–Trinajstić information content (AvgIpc) is 3.23. The van der Waals surface area contributed by atoms with Crippen LogP contribution in [0.15, 0.2) is 35.3 Å². The molecule has 1 aliphatic heterocycles. The lowest BCUT2D eigenvalue weighted by molar-refractivity contribution is 0.0747. The lowest BCUT2D eigenvalue weighted by atomic mass is 9.89. The van der Waals surface area contributed by atoms with Crippen molar-refractivity contribution < 1.29 is 4.21 Å². The summed E-state index contributed by atoms with van der Waals surface area (Å²) in [5.74, 6) is 0. The molecule has 1 atom stereocenters. The summed E-state index contributed by atoms with van der Waals surface area (Å²) in [6, 6.07) is 4.21. The number of rotatable bonds is 5. The Morgan fingerprint density at radius 2 is 2.25 bits per heavy atom. The van der Waals surface area contributed by atoms with E-state index in [-0.39, 0.29) is 5.25 Å². The summed E-state index contributed by atoms with van der Waals surface area (Å²) in [6.45, 7) is 1.02. The van der Waals surface area contributed by atoms with Crippen LogP contribution in [0, 0.1) is 11.3 Å². The van der Waals surface area contributed by atoms with Gasteiger partial charge < -0.3 is 4.98 Å². The molecule has 0 spiro atoms. The third kappa shape index (κ3) is 2.47. The largest absolute Gasteiger partial charge is 0.346 e. The topological polar surface area (TPSA) is 116 Å². The van der Waals surface area contributed by atoms with Gasteiger partial charge in [-0.05, 0) is 18.9 Å². The van der Waals surface area contributed by atoms with Crippen LogP contribution < -0.4 is 0 Å². The maximum absolute atomic E-state index is 13.2. The van der Waals surface area contributed by atoms with Crippen molar-refractivity contribution in [2.45, 2.75) is 30.1 Å².